The summed E-state index contributed by atoms with van der Waals surface area (Å²) in [4.78, 5) is 0. The predicted molar refractivity (Wildman–Crippen MR) is 53.5 cm³/mol. The summed E-state index contributed by atoms with van der Waals surface area (Å²) in [5.74, 6) is 0. The van der Waals surface area contributed by atoms with E-state index in [1.807, 2.05) is 24.3 Å². The van der Waals surface area contributed by atoms with Gasteiger partial charge in [-0.2, -0.15) is 0 Å². The molecular weight excluding hydrogens is 187 g/mol. The van der Waals surface area contributed by atoms with Gasteiger partial charge in [-0.25, -0.2) is 4.39 Å². The van der Waals surface area contributed by atoms with Crippen molar-refractivity contribution in [3.63, 3.8) is 0 Å². The number of benzene rings is 1. The minimum Gasteiger partial charge on any atom is -0.221 e. The average molecular weight is 197 g/mol. The van der Waals surface area contributed by atoms with Crippen LogP contribution in [0, 0.1) is 0 Å². The maximum Gasteiger partial charge on any atom is 0.209 e. The van der Waals surface area contributed by atoms with Crippen molar-refractivity contribution in [3.05, 3.63) is 42.0 Å². The highest BCUT2D eigenvalue weighted by molar-refractivity contribution is 6.29. The molecule has 1 aliphatic rings. The van der Waals surface area contributed by atoms with Crippen molar-refractivity contribution < 1.29 is 4.39 Å². The van der Waals surface area contributed by atoms with Crippen LogP contribution in [-0.2, 0) is 6.42 Å². The molecule has 0 spiro atoms. The summed E-state index contributed by atoms with van der Waals surface area (Å²) in [6.45, 7) is 3.70. The van der Waals surface area contributed by atoms with Gasteiger partial charge in [-0.05, 0) is 17.5 Å². The van der Waals surface area contributed by atoms with Crippen molar-refractivity contribution in [1.82, 2.24) is 0 Å². The van der Waals surface area contributed by atoms with Gasteiger partial charge in [0.15, 0.2) is 0 Å². The Labute approximate surface area is 82.0 Å². The van der Waals surface area contributed by atoms with Crippen LogP contribution in [-0.4, -0.2) is 5.13 Å². The number of alkyl halides is 2. The summed E-state index contributed by atoms with van der Waals surface area (Å²) < 4.78 is 13.6. The molecule has 1 aromatic carbocycles. The largest absolute Gasteiger partial charge is 0.221 e. The summed E-state index contributed by atoms with van der Waals surface area (Å²) in [6.07, 6.45) is 1.01. The SMILES string of the molecule is C=C1c2ccccc2CCC1(F)Cl. The van der Waals surface area contributed by atoms with Crippen molar-refractivity contribution in [2.75, 3.05) is 0 Å². The molecule has 2 heteroatoms. The van der Waals surface area contributed by atoms with Gasteiger partial charge in [0.1, 0.15) is 0 Å². The first-order valence-electron chi connectivity index (χ1n) is 4.27. The molecule has 0 radical (unpaired) electrons. The highest BCUT2D eigenvalue weighted by Gasteiger charge is 2.35. The Hall–Kier alpha value is -0.820. The van der Waals surface area contributed by atoms with E-state index in [0.717, 1.165) is 11.1 Å². The van der Waals surface area contributed by atoms with Gasteiger partial charge in [-0.15, -0.1) is 0 Å². The number of rotatable bonds is 0. The van der Waals surface area contributed by atoms with Crippen LogP contribution in [0.2, 0.25) is 0 Å². The number of hydrogen-bond donors (Lipinski definition) is 0. The summed E-state index contributed by atoms with van der Waals surface area (Å²) in [6, 6.07) is 7.69. The maximum absolute atomic E-state index is 13.6. The normalized spacial score (nSPS) is 27.1. The van der Waals surface area contributed by atoms with Gasteiger partial charge in [-0.1, -0.05) is 42.4 Å². The predicted octanol–water partition coefficient (Wildman–Crippen LogP) is 3.55. The Balaban J connectivity index is 2.52. The van der Waals surface area contributed by atoms with E-state index >= 15 is 0 Å². The molecule has 1 unspecified atom stereocenters. The molecule has 0 saturated carbocycles. The van der Waals surface area contributed by atoms with Gasteiger partial charge in [0.25, 0.3) is 0 Å². The van der Waals surface area contributed by atoms with Crippen molar-refractivity contribution in [1.29, 1.82) is 0 Å². The number of allylic oxidation sites excluding steroid dienone is 1. The zero-order valence-corrected chi connectivity index (χ0v) is 7.94. The number of fused-ring (bicyclic) bond motifs is 1. The molecule has 2 rings (SSSR count). The summed E-state index contributed by atoms with van der Waals surface area (Å²) in [7, 11) is 0. The van der Waals surface area contributed by atoms with Gasteiger partial charge < -0.3 is 0 Å². The zero-order chi connectivity index (χ0) is 9.47. The molecule has 68 valence electrons. The third kappa shape index (κ3) is 1.37. The van der Waals surface area contributed by atoms with E-state index in [-0.39, 0.29) is 0 Å². The van der Waals surface area contributed by atoms with Gasteiger partial charge in [0.2, 0.25) is 5.13 Å². The Morgan fingerprint density at radius 2 is 2.08 bits per heavy atom. The van der Waals surface area contributed by atoms with Gasteiger partial charge >= 0.3 is 0 Å². The van der Waals surface area contributed by atoms with E-state index in [1.165, 1.54) is 0 Å². The molecule has 1 atom stereocenters. The van der Waals surface area contributed by atoms with E-state index < -0.39 is 5.13 Å². The van der Waals surface area contributed by atoms with Gasteiger partial charge in [0.05, 0.1) is 0 Å². The summed E-state index contributed by atoms with van der Waals surface area (Å²) >= 11 is 5.68. The van der Waals surface area contributed by atoms with Gasteiger partial charge in [0, 0.05) is 12.0 Å². The number of hydrogen-bond acceptors (Lipinski definition) is 0. The van der Waals surface area contributed by atoms with E-state index in [0.29, 0.717) is 18.4 Å². The average Bonchev–Trinajstić information content (AvgIpc) is 2.13. The number of aryl methyl sites for hydroxylation is 1. The first kappa shape index (κ1) is 8.76. The highest BCUT2D eigenvalue weighted by atomic mass is 35.5. The van der Waals surface area contributed by atoms with Crippen LogP contribution in [0.4, 0.5) is 4.39 Å². The van der Waals surface area contributed by atoms with E-state index in [1.54, 1.807) is 0 Å². The van der Waals surface area contributed by atoms with Crippen LogP contribution in [0.15, 0.2) is 30.8 Å². The third-order valence-electron chi connectivity index (χ3n) is 2.49. The van der Waals surface area contributed by atoms with Crippen molar-refractivity contribution >= 4 is 17.2 Å². The fraction of sp³-hybridized carbons (Fsp3) is 0.273. The second-order valence-corrected chi connectivity index (χ2v) is 3.94. The van der Waals surface area contributed by atoms with Crippen molar-refractivity contribution in [2.45, 2.75) is 18.0 Å². The van der Waals surface area contributed by atoms with E-state index in [4.69, 9.17) is 11.6 Å². The number of halogens is 2. The molecule has 0 N–H and O–H groups in total. The van der Waals surface area contributed by atoms with Crippen LogP contribution in [0.5, 0.6) is 0 Å². The van der Waals surface area contributed by atoms with Gasteiger partial charge in [-0.3, -0.25) is 0 Å². The smallest absolute Gasteiger partial charge is 0.209 e. The Morgan fingerprint density at radius 3 is 2.85 bits per heavy atom. The second kappa shape index (κ2) is 2.85. The van der Waals surface area contributed by atoms with Crippen LogP contribution < -0.4 is 0 Å². The summed E-state index contributed by atoms with van der Waals surface area (Å²) in [5, 5.41) is -1.74. The standard InChI is InChI=1S/C11H10ClF/c1-8-10-5-3-2-4-9(10)6-7-11(8,12)13/h2-5H,1,6-7H2. The Morgan fingerprint density at radius 1 is 1.38 bits per heavy atom. The Kier molecular flexibility index (Phi) is 1.92. The quantitative estimate of drug-likeness (QED) is 0.557. The first-order chi connectivity index (χ1) is 6.11. The van der Waals surface area contributed by atoms with Crippen LogP contribution in [0.1, 0.15) is 17.5 Å². The molecule has 0 aromatic heterocycles. The van der Waals surface area contributed by atoms with E-state index in [2.05, 4.69) is 6.58 Å². The fourth-order valence-corrected chi connectivity index (χ4v) is 1.87. The third-order valence-corrected chi connectivity index (χ3v) is 2.91. The Bertz CT molecular complexity index is 355. The maximum atomic E-state index is 13.6. The highest BCUT2D eigenvalue weighted by Crippen LogP contribution is 2.42. The molecule has 0 amide bonds. The molecular formula is C11H10ClF. The second-order valence-electron chi connectivity index (χ2n) is 3.34. The first-order valence-corrected chi connectivity index (χ1v) is 4.64. The van der Waals surface area contributed by atoms with Crippen LogP contribution in [0.25, 0.3) is 5.57 Å². The molecule has 0 saturated heterocycles. The molecule has 0 heterocycles. The molecule has 0 bridgehead atoms. The molecule has 0 aliphatic heterocycles. The van der Waals surface area contributed by atoms with Crippen molar-refractivity contribution in [2.24, 2.45) is 0 Å². The minimum absolute atomic E-state index is 0.324. The zero-order valence-electron chi connectivity index (χ0n) is 7.19. The summed E-state index contributed by atoms with van der Waals surface area (Å²) in [5.41, 5.74) is 2.41. The monoisotopic (exact) mass is 196 g/mol. The fourth-order valence-electron chi connectivity index (χ4n) is 1.67. The van der Waals surface area contributed by atoms with Crippen LogP contribution in [0.3, 0.4) is 0 Å². The molecule has 1 aliphatic carbocycles. The molecule has 0 fully saturated rings. The topological polar surface area (TPSA) is 0 Å². The lowest BCUT2D eigenvalue weighted by molar-refractivity contribution is 0.332. The van der Waals surface area contributed by atoms with Crippen molar-refractivity contribution in [3.8, 4) is 0 Å². The lowest BCUT2D eigenvalue weighted by Crippen LogP contribution is -2.22. The van der Waals surface area contributed by atoms with E-state index in [9.17, 15) is 4.39 Å². The molecule has 0 nitrogen and oxygen atoms in total. The lowest BCUT2D eigenvalue weighted by atomic mass is 9.87. The molecule has 1 aromatic rings. The minimum atomic E-state index is -1.74. The molecule has 13 heavy (non-hydrogen) atoms. The lowest BCUT2D eigenvalue weighted by Gasteiger charge is -2.27. The van der Waals surface area contributed by atoms with Crippen LogP contribution >= 0.6 is 11.6 Å².